The molecule has 0 saturated carbocycles. The van der Waals surface area contributed by atoms with Gasteiger partial charge in [0.25, 0.3) is 5.91 Å². The summed E-state index contributed by atoms with van der Waals surface area (Å²) in [5, 5.41) is 9.20. The van der Waals surface area contributed by atoms with Crippen LogP contribution in [-0.4, -0.2) is 28.3 Å². The standard InChI is InChI=1S/C23H24N4O3/c1-14(2)13-27-11-10-15-17(8-5-9-20(15)27)24-21(28)12-19-23(30)25-18-7-4-3-6-16(18)22(29)26-19/h3-11,14,19H,12-13H2,1-2H3,(H,24,28)(H,25,30)(H,26,29). The van der Waals surface area contributed by atoms with Crippen LogP contribution in [0.15, 0.2) is 54.7 Å². The molecule has 0 saturated heterocycles. The molecule has 1 aliphatic rings. The minimum atomic E-state index is -0.949. The van der Waals surface area contributed by atoms with Crippen LogP contribution >= 0.6 is 0 Å². The van der Waals surface area contributed by atoms with Crippen molar-refractivity contribution in [3.8, 4) is 0 Å². The van der Waals surface area contributed by atoms with Gasteiger partial charge in [0.2, 0.25) is 11.8 Å². The first-order valence-electron chi connectivity index (χ1n) is 10.0. The molecule has 0 radical (unpaired) electrons. The summed E-state index contributed by atoms with van der Waals surface area (Å²) in [5.41, 5.74) is 2.55. The third-order valence-electron chi connectivity index (χ3n) is 5.09. The molecule has 7 heteroatoms. The molecule has 1 unspecified atom stereocenters. The van der Waals surface area contributed by atoms with E-state index >= 15 is 0 Å². The highest BCUT2D eigenvalue weighted by Gasteiger charge is 2.29. The number of fused-ring (bicyclic) bond motifs is 2. The largest absolute Gasteiger partial charge is 0.347 e. The van der Waals surface area contributed by atoms with Crippen molar-refractivity contribution in [2.45, 2.75) is 32.9 Å². The van der Waals surface area contributed by atoms with Crippen LogP contribution in [-0.2, 0) is 16.1 Å². The highest BCUT2D eigenvalue weighted by atomic mass is 16.2. The first kappa shape index (κ1) is 19.7. The predicted octanol–water partition coefficient (Wildman–Crippen LogP) is 3.38. The van der Waals surface area contributed by atoms with E-state index in [1.54, 1.807) is 24.3 Å². The fourth-order valence-electron chi connectivity index (χ4n) is 3.73. The molecule has 7 nitrogen and oxygen atoms in total. The van der Waals surface area contributed by atoms with E-state index in [0.717, 1.165) is 17.4 Å². The third-order valence-corrected chi connectivity index (χ3v) is 5.09. The van der Waals surface area contributed by atoms with Crippen molar-refractivity contribution in [2.75, 3.05) is 10.6 Å². The molecule has 3 aromatic rings. The van der Waals surface area contributed by atoms with E-state index in [-0.39, 0.29) is 18.2 Å². The number of amides is 3. The van der Waals surface area contributed by atoms with E-state index in [1.165, 1.54) is 0 Å². The molecular weight excluding hydrogens is 380 g/mol. The van der Waals surface area contributed by atoms with E-state index < -0.39 is 11.9 Å². The average Bonchev–Trinajstić information content (AvgIpc) is 3.06. The molecule has 0 fully saturated rings. The number of hydrogen-bond acceptors (Lipinski definition) is 3. The van der Waals surface area contributed by atoms with Crippen LogP contribution in [0.25, 0.3) is 10.9 Å². The Labute approximate surface area is 174 Å². The third kappa shape index (κ3) is 3.91. The van der Waals surface area contributed by atoms with Crippen molar-refractivity contribution in [3.63, 3.8) is 0 Å². The quantitative estimate of drug-likeness (QED) is 0.609. The number of rotatable bonds is 5. The Balaban J connectivity index is 1.49. The Morgan fingerprint density at radius 1 is 1.10 bits per heavy atom. The van der Waals surface area contributed by atoms with Gasteiger partial charge in [0, 0.05) is 18.1 Å². The fraction of sp³-hybridized carbons (Fsp3) is 0.261. The van der Waals surface area contributed by atoms with Gasteiger partial charge in [-0.25, -0.2) is 0 Å². The lowest BCUT2D eigenvalue weighted by atomic mass is 10.1. The van der Waals surface area contributed by atoms with E-state index in [4.69, 9.17) is 0 Å². The number of carbonyl (C=O) groups excluding carboxylic acids is 3. The summed E-state index contributed by atoms with van der Waals surface area (Å²) in [5.74, 6) is -0.634. The molecule has 4 rings (SSSR count). The van der Waals surface area contributed by atoms with Crippen LogP contribution in [0.4, 0.5) is 11.4 Å². The summed E-state index contributed by atoms with van der Waals surface area (Å²) >= 11 is 0. The number of nitrogens with zero attached hydrogens (tertiary/aromatic N) is 1. The number of benzene rings is 2. The van der Waals surface area contributed by atoms with Crippen molar-refractivity contribution in [1.29, 1.82) is 0 Å². The van der Waals surface area contributed by atoms with Crippen molar-refractivity contribution >= 4 is 40.0 Å². The smallest absolute Gasteiger partial charge is 0.254 e. The average molecular weight is 404 g/mol. The molecule has 0 spiro atoms. The summed E-state index contributed by atoms with van der Waals surface area (Å²) in [6.07, 6.45) is 1.85. The zero-order chi connectivity index (χ0) is 21.3. The summed E-state index contributed by atoms with van der Waals surface area (Å²) in [4.78, 5) is 37.6. The first-order chi connectivity index (χ1) is 14.4. The van der Waals surface area contributed by atoms with Crippen LogP contribution in [0.3, 0.4) is 0 Å². The van der Waals surface area contributed by atoms with Crippen molar-refractivity contribution in [1.82, 2.24) is 9.88 Å². The van der Waals surface area contributed by atoms with Gasteiger partial charge in [-0.3, -0.25) is 14.4 Å². The number of para-hydroxylation sites is 1. The zero-order valence-corrected chi connectivity index (χ0v) is 16.9. The van der Waals surface area contributed by atoms with Crippen LogP contribution in [0.1, 0.15) is 30.6 Å². The lowest BCUT2D eigenvalue weighted by molar-refractivity contribution is -0.122. The van der Waals surface area contributed by atoms with Gasteiger partial charge in [-0.05, 0) is 36.2 Å². The number of anilines is 2. The Morgan fingerprint density at radius 2 is 1.90 bits per heavy atom. The normalized spacial score (nSPS) is 16.0. The molecule has 3 amide bonds. The molecule has 2 heterocycles. The Hall–Kier alpha value is -3.61. The summed E-state index contributed by atoms with van der Waals surface area (Å²) in [6.45, 7) is 5.19. The molecular formula is C23H24N4O3. The molecule has 3 N–H and O–H groups in total. The van der Waals surface area contributed by atoms with Crippen LogP contribution in [0.5, 0.6) is 0 Å². The Morgan fingerprint density at radius 3 is 2.70 bits per heavy atom. The first-order valence-corrected chi connectivity index (χ1v) is 10.0. The number of hydrogen-bond donors (Lipinski definition) is 3. The molecule has 0 bridgehead atoms. The van der Waals surface area contributed by atoms with E-state index in [1.807, 2.05) is 30.5 Å². The van der Waals surface area contributed by atoms with Gasteiger partial charge >= 0.3 is 0 Å². The fourth-order valence-corrected chi connectivity index (χ4v) is 3.73. The topological polar surface area (TPSA) is 92.2 Å². The maximum Gasteiger partial charge on any atom is 0.254 e. The zero-order valence-electron chi connectivity index (χ0n) is 16.9. The SMILES string of the molecule is CC(C)Cn1ccc2c(NC(=O)CC3NC(=O)c4ccccc4NC3=O)cccc21. The lowest BCUT2D eigenvalue weighted by Crippen LogP contribution is -2.43. The Kier molecular flexibility index (Phi) is 5.27. The second kappa shape index (κ2) is 8.02. The van der Waals surface area contributed by atoms with Gasteiger partial charge in [0.15, 0.2) is 0 Å². The van der Waals surface area contributed by atoms with Crippen LogP contribution in [0.2, 0.25) is 0 Å². The molecule has 2 aromatic carbocycles. The summed E-state index contributed by atoms with van der Waals surface area (Å²) in [6, 6.07) is 13.5. The summed E-state index contributed by atoms with van der Waals surface area (Å²) < 4.78 is 2.16. The summed E-state index contributed by atoms with van der Waals surface area (Å²) in [7, 11) is 0. The molecule has 0 aliphatic carbocycles. The second-order valence-corrected chi connectivity index (χ2v) is 7.91. The molecule has 30 heavy (non-hydrogen) atoms. The van der Waals surface area contributed by atoms with Crippen LogP contribution in [0, 0.1) is 5.92 Å². The number of aromatic nitrogens is 1. The minimum Gasteiger partial charge on any atom is -0.347 e. The van der Waals surface area contributed by atoms with Gasteiger partial charge in [-0.15, -0.1) is 0 Å². The second-order valence-electron chi connectivity index (χ2n) is 7.91. The number of nitrogens with one attached hydrogen (secondary N) is 3. The van der Waals surface area contributed by atoms with Gasteiger partial charge in [-0.1, -0.05) is 32.0 Å². The maximum absolute atomic E-state index is 12.7. The van der Waals surface area contributed by atoms with Gasteiger partial charge < -0.3 is 20.5 Å². The maximum atomic E-state index is 12.7. The van der Waals surface area contributed by atoms with Gasteiger partial charge in [0.05, 0.1) is 28.9 Å². The highest BCUT2D eigenvalue weighted by molar-refractivity contribution is 6.11. The molecule has 154 valence electrons. The van der Waals surface area contributed by atoms with Crippen LogP contribution < -0.4 is 16.0 Å². The molecule has 1 aromatic heterocycles. The highest BCUT2D eigenvalue weighted by Crippen LogP contribution is 2.26. The lowest BCUT2D eigenvalue weighted by Gasteiger charge is -2.15. The van der Waals surface area contributed by atoms with Gasteiger partial charge in [-0.2, -0.15) is 0 Å². The molecule has 1 aliphatic heterocycles. The van der Waals surface area contributed by atoms with E-state index in [2.05, 4.69) is 34.4 Å². The predicted molar refractivity (Wildman–Crippen MR) is 116 cm³/mol. The van der Waals surface area contributed by atoms with Crippen molar-refractivity contribution < 1.29 is 14.4 Å². The van der Waals surface area contributed by atoms with Crippen molar-refractivity contribution in [2.24, 2.45) is 5.92 Å². The van der Waals surface area contributed by atoms with E-state index in [9.17, 15) is 14.4 Å². The molecule has 1 atom stereocenters. The minimum absolute atomic E-state index is 0.158. The Bertz CT molecular complexity index is 1130. The van der Waals surface area contributed by atoms with E-state index in [0.29, 0.717) is 22.9 Å². The van der Waals surface area contributed by atoms with Crippen molar-refractivity contribution in [3.05, 3.63) is 60.3 Å². The monoisotopic (exact) mass is 404 g/mol. The number of carbonyl (C=O) groups is 3. The van der Waals surface area contributed by atoms with Gasteiger partial charge in [0.1, 0.15) is 6.04 Å².